The first-order chi connectivity index (χ1) is 8.21. The summed E-state index contributed by atoms with van der Waals surface area (Å²) in [5.74, 6) is 0. The van der Waals surface area contributed by atoms with Gasteiger partial charge in [0, 0.05) is 6.04 Å². The number of benzene rings is 1. The second-order valence-electron chi connectivity index (χ2n) is 4.47. The first kappa shape index (κ1) is 14.2. The lowest BCUT2D eigenvalue weighted by atomic mass is 9.94. The topological polar surface area (TPSA) is 52.5 Å². The molecule has 0 radical (unpaired) electrons. The first-order valence-electron chi connectivity index (χ1n) is 6.25. The van der Waals surface area contributed by atoms with Gasteiger partial charge in [0.25, 0.3) is 0 Å². The van der Waals surface area contributed by atoms with Gasteiger partial charge in [0.15, 0.2) is 0 Å². The van der Waals surface area contributed by atoms with E-state index in [0.717, 1.165) is 6.42 Å². The molecule has 3 N–H and O–H groups in total. The Labute approximate surface area is 103 Å². The molecule has 0 bridgehead atoms. The maximum atomic E-state index is 9.45. The summed E-state index contributed by atoms with van der Waals surface area (Å²) in [5, 5.41) is 22.3. The van der Waals surface area contributed by atoms with Gasteiger partial charge in [-0.3, -0.25) is 0 Å². The second-order valence-corrected chi connectivity index (χ2v) is 4.47. The SMILES string of the molecule is CCC(NC(CC)(CO)CO)c1ccccc1. The van der Waals surface area contributed by atoms with Gasteiger partial charge in [-0.1, -0.05) is 44.2 Å². The molecule has 1 rings (SSSR count). The highest BCUT2D eigenvalue weighted by molar-refractivity contribution is 5.19. The van der Waals surface area contributed by atoms with E-state index in [2.05, 4.69) is 24.4 Å². The van der Waals surface area contributed by atoms with Crippen molar-refractivity contribution < 1.29 is 10.2 Å². The van der Waals surface area contributed by atoms with Crippen molar-refractivity contribution in [2.75, 3.05) is 13.2 Å². The van der Waals surface area contributed by atoms with Crippen LogP contribution in [0.15, 0.2) is 30.3 Å². The van der Waals surface area contributed by atoms with Crippen molar-refractivity contribution in [3.63, 3.8) is 0 Å². The Kier molecular flexibility index (Phi) is 5.62. The van der Waals surface area contributed by atoms with Crippen LogP contribution < -0.4 is 5.32 Å². The Bertz CT molecular complexity index is 301. The Morgan fingerprint density at radius 3 is 2.12 bits per heavy atom. The molecule has 0 saturated carbocycles. The average Bonchev–Trinajstić information content (AvgIpc) is 2.42. The van der Waals surface area contributed by atoms with Crippen LogP contribution in [-0.2, 0) is 0 Å². The maximum Gasteiger partial charge on any atom is 0.0650 e. The van der Waals surface area contributed by atoms with E-state index < -0.39 is 5.54 Å². The molecule has 0 aromatic heterocycles. The van der Waals surface area contributed by atoms with Crippen molar-refractivity contribution in [1.29, 1.82) is 0 Å². The Morgan fingerprint density at radius 2 is 1.71 bits per heavy atom. The molecule has 0 aliphatic rings. The monoisotopic (exact) mass is 237 g/mol. The third kappa shape index (κ3) is 3.53. The third-order valence-electron chi connectivity index (χ3n) is 3.37. The largest absolute Gasteiger partial charge is 0.394 e. The normalized spacial score (nSPS) is 13.6. The zero-order valence-electron chi connectivity index (χ0n) is 10.7. The summed E-state index contributed by atoms with van der Waals surface area (Å²) in [6.45, 7) is 3.96. The molecule has 1 atom stereocenters. The van der Waals surface area contributed by atoms with Gasteiger partial charge in [-0.2, -0.15) is 0 Å². The zero-order chi connectivity index (χ0) is 12.7. The predicted molar refractivity (Wildman–Crippen MR) is 69.8 cm³/mol. The molecule has 0 aliphatic heterocycles. The van der Waals surface area contributed by atoms with E-state index in [4.69, 9.17) is 0 Å². The van der Waals surface area contributed by atoms with Gasteiger partial charge >= 0.3 is 0 Å². The van der Waals surface area contributed by atoms with Gasteiger partial charge < -0.3 is 15.5 Å². The Morgan fingerprint density at radius 1 is 1.12 bits per heavy atom. The van der Waals surface area contributed by atoms with Crippen LogP contribution in [0.5, 0.6) is 0 Å². The molecule has 0 spiro atoms. The zero-order valence-corrected chi connectivity index (χ0v) is 10.7. The van der Waals surface area contributed by atoms with Crippen LogP contribution in [0.3, 0.4) is 0 Å². The fourth-order valence-corrected chi connectivity index (χ4v) is 1.94. The fourth-order valence-electron chi connectivity index (χ4n) is 1.94. The molecule has 0 aliphatic carbocycles. The summed E-state index contributed by atoms with van der Waals surface area (Å²) >= 11 is 0. The van der Waals surface area contributed by atoms with E-state index >= 15 is 0 Å². The lowest BCUT2D eigenvalue weighted by Gasteiger charge is -2.34. The molecule has 1 unspecified atom stereocenters. The molecule has 17 heavy (non-hydrogen) atoms. The van der Waals surface area contributed by atoms with E-state index in [1.54, 1.807) is 0 Å². The number of nitrogens with one attached hydrogen (secondary N) is 1. The van der Waals surface area contributed by atoms with E-state index in [-0.39, 0.29) is 19.3 Å². The van der Waals surface area contributed by atoms with Crippen molar-refractivity contribution in [3.05, 3.63) is 35.9 Å². The standard InChI is InChI=1S/C14H23NO2/c1-3-13(12-8-6-5-7-9-12)15-14(4-2,10-16)11-17/h5-9,13,15-17H,3-4,10-11H2,1-2H3. The summed E-state index contributed by atoms with van der Waals surface area (Å²) in [6.07, 6.45) is 1.62. The number of hydrogen-bond acceptors (Lipinski definition) is 3. The van der Waals surface area contributed by atoms with Crippen LogP contribution in [0.25, 0.3) is 0 Å². The molecule has 1 aromatic carbocycles. The molecule has 0 saturated heterocycles. The Hall–Kier alpha value is -0.900. The average molecular weight is 237 g/mol. The van der Waals surface area contributed by atoms with Crippen LogP contribution in [0.4, 0.5) is 0 Å². The van der Waals surface area contributed by atoms with Crippen molar-refractivity contribution in [1.82, 2.24) is 5.32 Å². The molecular weight excluding hydrogens is 214 g/mol. The molecule has 3 heteroatoms. The van der Waals surface area contributed by atoms with Gasteiger partial charge in [-0.05, 0) is 18.4 Å². The highest BCUT2D eigenvalue weighted by Gasteiger charge is 2.29. The minimum absolute atomic E-state index is 0.0522. The van der Waals surface area contributed by atoms with E-state index in [1.165, 1.54) is 5.56 Å². The second kappa shape index (κ2) is 6.74. The summed E-state index contributed by atoms with van der Waals surface area (Å²) in [5.41, 5.74) is 0.603. The molecule has 1 aromatic rings. The summed E-state index contributed by atoms with van der Waals surface area (Å²) in [6, 6.07) is 10.3. The maximum absolute atomic E-state index is 9.45. The third-order valence-corrected chi connectivity index (χ3v) is 3.37. The van der Waals surface area contributed by atoms with Crippen LogP contribution in [-0.4, -0.2) is 29.0 Å². The van der Waals surface area contributed by atoms with Crippen molar-refractivity contribution in [2.45, 2.75) is 38.3 Å². The van der Waals surface area contributed by atoms with Crippen molar-refractivity contribution in [3.8, 4) is 0 Å². The molecule has 3 nitrogen and oxygen atoms in total. The number of aliphatic hydroxyl groups is 2. The number of aliphatic hydroxyl groups excluding tert-OH is 2. The predicted octanol–water partition coefficient (Wildman–Crippen LogP) is 1.86. The quantitative estimate of drug-likeness (QED) is 0.678. The smallest absolute Gasteiger partial charge is 0.0650 e. The number of rotatable bonds is 7. The highest BCUT2D eigenvalue weighted by atomic mass is 16.3. The van der Waals surface area contributed by atoms with Crippen LogP contribution in [0, 0.1) is 0 Å². The molecule has 0 amide bonds. The minimum atomic E-state index is -0.587. The molecular formula is C14H23NO2. The van der Waals surface area contributed by atoms with E-state index in [9.17, 15) is 10.2 Å². The lowest BCUT2D eigenvalue weighted by Crippen LogP contribution is -2.52. The van der Waals surface area contributed by atoms with Crippen LogP contribution in [0.2, 0.25) is 0 Å². The molecule has 0 fully saturated rings. The van der Waals surface area contributed by atoms with Crippen molar-refractivity contribution >= 4 is 0 Å². The highest BCUT2D eigenvalue weighted by Crippen LogP contribution is 2.21. The van der Waals surface area contributed by atoms with Gasteiger partial charge in [0.05, 0.1) is 18.8 Å². The lowest BCUT2D eigenvalue weighted by molar-refractivity contribution is 0.0768. The number of hydrogen-bond donors (Lipinski definition) is 3. The minimum Gasteiger partial charge on any atom is -0.394 e. The fraction of sp³-hybridized carbons (Fsp3) is 0.571. The van der Waals surface area contributed by atoms with Gasteiger partial charge in [-0.15, -0.1) is 0 Å². The van der Waals surface area contributed by atoms with E-state index in [1.807, 2.05) is 25.1 Å². The molecule has 96 valence electrons. The summed E-state index contributed by atoms with van der Waals surface area (Å²) in [4.78, 5) is 0. The summed E-state index contributed by atoms with van der Waals surface area (Å²) in [7, 11) is 0. The van der Waals surface area contributed by atoms with E-state index in [0.29, 0.717) is 6.42 Å². The molecule has 0 heterocycles. The van der Waals surface area contributed by atoms with Gasteiger partial charge in [-0.25, -0.2) is 0 Å². The first-order valence-corrected chi connectivity index (χ1v) is 6.25. The summed E-state index contributed by atoms with van der Waals surface area (Å²) < 4.78 is 0. The van der Waals surface area contributed by atoms with Gasteiger partial charge in [0.2, 0.25) is 0 Å². The van der Waals surface area contributed by atoms with Crippen LogP contribution >= 0.6 is 0 Å². The van der Waals surface area contributed by atoms with Crippen LogP contribution in [0.1, 0.15) is 38.3 Å². The Balaban J connectivity index is 2.82. The van der Waals surface area contributed by atoms with Gasteiger partial charge in [0.1, 0.15) is 0 Å². The van der Waals surface area contributed by atoms with Crippen molar-refractivity contribution in [2.24, 2.45) is 0 Å².